The first kappa shape index (κ1) is 13.8. The van der Waals surface area contributed by atoms with Gasteiger partial charge in [0.1, 0.15) is 5.82 Å². The number of benzene rings is 1. The lowest BCUT2D eigenvalue weighted by molar-refractivity contribution is -0.141. The van der Waals surface area contributed by atoms with Crippen molar-refractivity contribution in [2.45, 2.75) is 44.9 Å². The fourth-order valence-corrected chi connectivity index (χ4v) is 2.39. The van der Waals surface area contributed by atoms with Crippen LogP contribution in [0.2, 0.25) is 0 Å². The maximum Gasteiger partial charge on any atom is 0.328 e. The number of halogens is 1. The third-order valence-electron chi connectivity index (χ3n) is 3.27. The van der Waals surface area contributed by atoms with Gasteiger partial charge in [-0.25, -0.2) is 9.18 Å². The van der Waals surface area contributed by atoms with Crippen LogP contribution in [-0.4, -0.2) is 29.3 Å². The van der Waals surface area contributed by atoms with E-state index in [1.165, 1.54) is 12.1 Å². The number of ether oxygens (including phenoxy) is 1. The average Bonchev–Trinajstić information content (AvgIpc) is 2.70. The second-order valence-corrected chi connectivity index (χ2v) is 5.04. The minimum Gasteiger partial charge on any atom is -0.480 e. The van der Waals surface area contributed by atoms with Crippen LogP contribution in [0.3, 0.4) is 0 Å². The lowest BCUT2D eigenvalue weighted by atomic mass is 10.1. The SMILES string of the molecule is Cc1cc(F)cc(NC(C(=O)O)C2CCC(C)O2)c1. The topological polar surface area (TPSA) is 58.6 Å². The second-order valence-electron chi connectivity index (χ2n) is 5.04. The summed E-state index contributed by atoms with van der Waals surface area (Å²) in [4.78, 5) is 11.3. The number of rotatable bonds is 4. The molecule has 0 radical (unpaired) electrons. The molecular formula is C14H18FNO3. The van der Waals surface area contributed by atoms with Gasteiger partial charge in [0.15, 0.2) is 6.04 Å². The number of carbonyl (C=O) groups is 1. The van der Waals surface area contributed by atoms with E-state index in [1.54, 1.807) is 13.0 Å². The molecule has 0 saturated carbocycles. The molecule has 0 spiro atoms. The first-order valence-electron chi connectivity index (χ1n) is 6.37. The molecule has 0 aromatic heterocycles. The van der Waals surface area contributed by atoms with Crippen LogP contribution >= 0.6 is 0 Å². The summed E-state index contributed by atoms with van der Waals surface area (Å²) < 4.78 is 18.9. The highest BCUT2D eigenvalue weighted by Gasteiger charge is 2.34. The van der Waals surface area contributed by atoms with Gasteiger partial charge in [0.25, 0.3) is 0 Å². The minimum absolute atomic E-state index is 0.0721. The first-order chi connectivity index (χ1) is 8.95. The molecule has 104 valence electrons. The highest BCUT2D eigenvalue weighted by atomic mass is 19.1. The van der Waals surface area contributed by atoms with Crippen molar-refractivity contribution in [1.82, 2.24) is 0 Å². The highest BCUT2D eigenvalue weighted by Crippen LogP contribution is 2.24. The molecule has 3 atom stereocenters. The first-order valence-corrected chi connectivity index (χ1v) is 6.37. The van der Waals surface area contributed by atoms with Crippen LogP contribution in [0.1, 0.15) is 25.3 Å². The van der Waals surface area contributed by atoms with Gasteiger partial charge in [0, 0.05) is 5.69 Å². The van der Waals surface area contributed by atoms with Crippen molar-refractivity contribution >= 4 is 11.7 Å². The highest BCUT2D eigenvalue weighted by molar-refractivity contribution is 5.78. The molecule has 0 bridgehead atoms. The Morgan fingerprint density at radius 1 is 1.47 bits per heavy atom. The zero-order valence-corrected chi connectivity index (χ0v) is 11.0. The standard InChI is InChI=1S/C14H18FNO3/c1-8-5-10(15)7-11(6-8)16-13(14(17)18)12-4-3-9(2)19-12/h5-7,9,12-13,16H,3-4H2,1-2H3,(H,17,18). The van der Waals surface area contributed by atoms with Crippen molar-refractivity contribution < 1.29 is 19.0 Å². The zero-order chi connectivity index (χ0) is 14.0. The van der Waals surface area contributed by atoms with Crippen molar-refractivity contribution in [3.05, 3.63) is 29.6 Å². The van der Waals surface area contributed by atoms with E-state index in [9.17, 15) is 14.3 Å². The molecule has 0 aliphatic carbocycles. The monoisotopic (exact) mass is 267 g/mol. The number of carboxylic acids is 1. The van der Waals surface area contributed by atoms with Gasteiger partial charge < -0.3 is 15.2 Å². The van der Waals surface area contributed by atoms with E-state index in [0.717, 1.165) is 12.0 Å². The van der Waals surface area contributed by atoms with Crippen molar-refractivity contribution in [3.8, 4) is 0 Å². The van der Waals surface area contributed by atoms with Gasteiger partial charge in [-0.2, -0.15) is 0 Å². The van der Waals surface area contributed by atoms with E-state index >= 15 is 0 Å². The molecule has 4 nitrogen and oxygen atoms in total. The molecule has 3 unspecified atom stereocenters. The van der Waals surface area contributed by atoms with E-state index in [-0.39, 0.29) is 18.0 Å². The molecule has 5 heteroatoms. The normalized spacial score (nSPS) is 24.2. The van der Waals surface area contributed by atoms with Gasteiger partial charge in [-0.1, -0.05) is 0 Å². The third kappa shape index (κ3) is 3.44. The summed E-state index contributed by atoms with van der Waals surface area (Å²) in [5, 5.41) is 12.1. The molecule has 19 heavy (non-hydrogen) atoms. The number of aliphatic carboxylic acids is 1. The average molecular weight is 267 g/mol. The summed E-state index contributed by atoms with van der Waals surface area (Å²) in [5.74, 6) is -1.37. The second kappa shape index (κ2) is 5.57. The van der Waals surface area contributed by atoms with E-state index < -0.39 is 12.0 Å². The molecule has 2 N–H and O–H groups in total. The quantitative estimate of drug-likeness (QED) is 0.880. The molecular weight excluding hydrogens is 249 g/mol. The summed E-state index contributed by atoms with van der Waals surface area (Å²) >= 11 is 0. The predicted octanol–water partition coefficient (Wildman–Crippen LogP) is 2.57. The van der Waals surface area contributed by atoms with Crippen LogP contribution in [0.4, 0.5) is 10.1 Å². The Morgan fingerprint density at radius 2 is 2.21 bits per heavy atom. The van der Waals surface area contributed by atoms with Crippen LogP contribution in [-0.2, 0) is 9.53 Å². The van der Waals surface area contributed by atoms with E-state index in [0.29, 0.717) is 12.1 Å². The lowest BCUT2D eigenvalue weighted by Crippen LogP contribution is -2.40. The zero-order valence-electron chi connectivity index (χ0n) is 11.0. The summed E-state index contributed by atoms with van der Waals surface area (Å²) in [7, 11) is 0. The van der Waals surface area contributed by atoms with Gasteiger partial charge in [-0.3, -0.25) is 0 Å². The smallest absolute Gasteiger partial charge is 0.328 e. The molecule has 1 saturated heterocycles. The minimum atomic E-state index is -0.985. The van der Waals surface area contributed by atoms with Gasteiger partial charge >= 0.3 is 5.97 Å². The molecule has 1 aliphatic rings. The molecule has 2 rings (SSSR count). The van der Waals surface area contributed by atoms with Crippen LogP contribution in [0.5, 0.6) is 0 Å². The van der Waals surface area contributed by atoms with Crippen molar-refractivity contribution in [2.75, 3.05) is 5.32 Å². The fraction of sp³-hybridized carbons (Fsp3) is 0.500. The van der Waals surface area contributed by atoms with Crippen molar-refractivity contribution in [1.29, 1.82) is 0 Å². The maximum absolute atomic E-state index is 13.3. The molecule has 1 fully saturated rings. The number of anilines is 1. The van der Waals surface area contributed by atoms with Crippen molar-refractivity contribution in [3.63, 3.8) is 0 Å². The predicted molar refractivity (Wildman–Crippen MR) is 69.8 cm³/mol. The number of hydrogen-bond donors (Lipinski definition) is 2. The van der Waals surface area contributed by atoms with Gasteiger partial charge in [0.2, 0.25) is 0 Å². The Kier molecular flexibility index (Phi) is 4.04. The van der Waals surface area contributed by atoms with Crippen LogP contribution in [0.25, 0.3) is 0 Å². The Labute approximate surface area is 111 Å². The fourth-order valence-electron chi connectivity index (χ4n) is 2.39. The Balaban J connectivity index is 2.14. The summed E-state index contributed by atoms with van der Waals surface area (Å²) in [6.07, 6.45) is 1.23. The molecule has 1 aromatic rings. The van der Waals surface area contributed by atoms with E-state index in [4.69, 9.17) is 4.74 Å². The van der Waals surface area contributed by atoms with Gasteiger partial charge in [-0.15, -0.1) is 0 Å². The van der Waals surface area contributed by atoms with Gasteiger partial charge in [-0.05, 0) is 50.5 Å². The third-order valence-corrected chi connectivity index (χ3v) is 3.27. The van der Waals surface area contributed by atoms with E-state index in [1.807, 2.05) is 6.92 Å². The van der Waals surface area contributed by atoms with Gasteiger partial charge in [0.05, 0.1) is 12.2 Å². The number of hydrogen-bond acceptors (Lipinski definition) is 3. The largest absolute Gasteiger partial charge is 0.480 e. The molecule has 1 aromatic carbocycles. The summed E-state index contributed by atoms with van der Waals surface area (Å²) in [6.45, 7) is 3.68. The van der Waals surface area contributed by atoms with Crippen LogP contribution in [0, 0.1) is 12.7 Å². The Morgan fingerprint density at radius 3 is 2.74 bits per heavy atom. The van der Waals surface area contributed by atoms with Crippen LogP contribution in [0.15, 0.2) is 18.2 Å². The molecule has 0 amide bonds. The number of nitrogens with one attached hydrogen (secondary N) is 1. The maximum atomic E-state index is 13.3. The van der Waals surface area contributed by atoms with E-state index in [2.05, 4.69) is 5.32 Å². The molecule has 1 heterocycles. The number of aryl methyl sites for hydroxylation is 1. The summed E-state index contributed by atoms with van der Waals surface area (Å²) in [5.41, 5.74) is 1.21. The molecule has 1 aliphatic heterocycles. The summed E-state index contributed by atoms with van der Waals surface area (Å²) in [6, 6.07) is 3.56. The number of carboxylic acid groups (broad SMARTS) is 1. The van der Waals surface area contributed by atoms with Crippen molar-refractivity contribution in [2.24, 2.45) is 0 Å². The lowest BCUT2D eigenvalue weighted by Gasteiger charge is -2.22. The Hall–Kier alpha value is -1.62. The Bertz CT molecular complexity index is 458. The van der Waals surface area contributed by atoms with Crippen LogP contribution < -0.4 is 5.32 Å².